The quantitative estimate of drug-likeness (QED) is 0.741. The number of fused-ring (bicyclic) bond motifs is 1. The fraction of sp³-hybridized carbons (Fsp3) is 0.375. The van der Waals surface area contributed by atoms with Gasteiger partial charge in [0, 0.05) is 16.1 Å². The molecule has 0 atom stereocenters. The molecular weight excluding hydrogens is 350 g/mol. The number of hydrogen-bond donors (Lipinski definition) is 0. The Kier molecular flexibility index (Phi) is 4.33. The summed E-state index contributed by atoms with van der Waals surface area (Å²) >= 11 is 3.41. The number of nitrogens with zero attached hydrogens (tertiary/aromatic N) is 1. The van der Waals surface area contributed by atoms with Crippen LogP contribution in [-0.2, 0) is 4.74 Å². The number of halogens is 1. The minimum atomic E-state index is -0.603. The van der Waals surface area contributed by atoms with Crippen molar-refractivity contribution in [3.05, 3.63) is 27.9 Å². The Morgan fingerprint density at radius 3 is 2.50 bits per heavy atom. The summed E-state index contributed by atoms with van der Waals surface area (Å²) in [5.74, 6) is 0.475. The second-order valence-corrected chi connectivity index (χ2v) is 6.83. The van der Waals surface area contributed by atoms with Crippen molar-refractivity contribution in [3.63, 3.8) is 0 Å². The molecular formula is C16H18BrNO4. The molecule has 0 spiro atoms. The Labute approximate surface area is 137 Å². The van der Waals surface area contributed by atoms with Crippen LogP contribution in [0.4, 0.5) is 4.79 Å². The standard InChI is InChI=1S/C16H18BrNO4/c1-9-6-12(21-5)10(8-19)13-11(17)7-18(14(9)13)15(20)22-16(2,3)4/h6-8H,1-5H3. The highest BCUT2D eigenvalue weighted by atomic mass is 79.9. The van der Waals surface area contributed by atoms with Gasteiger partial charge in [-0.05, 0) is 55.3 Å². The van der Waals surface area contributed by atoms with Gasteiger partial charge in [0.15, 0.2) is 6.29 Å². The molecule has 2 rings (SSSR count). The Morgan fingerprint density at radius 1 is 1.36 bits per heavy atom. The van der Waals surface area contributed by atoms with Gasteiger partial charge in [-0.25, -0.2) is 4.79 Å². The predicted molar refractivity (Wildman–Crippen MR) is 87.9 cm³/mol. The summed E-state index contributed by atoms with van der Waals surface area (Å²) in [6.07, 6.45) is 1.84. The Morgan fingerprint density at radius 2 is 2.00 bits per heavy atom. The van der Waals surface area contributed by atoms with Crippen LogP contribution in [0.25, 0.3) is 10.9 Å². The van der Waals surface area contributed by atoms with Crippen molar-refractivity contribution in [2.75, 3.05) is 7.11 Å². The molecule has 0 radical (unpaired) electrons. The number of aldehydes is 1. The first-order valence-electron chi connectivity index (χ1n) is 6.76. The van der Waals surface area contributed by atoms with Gasteiger partial charge >= 0.3 is 6.09 Å². The van der Waals surface area contributed by atoms with Gasteiger partial charge in [0.1, 0.15) is 11.4 Å². The molecule has 0 aliphatic carbocycles. The molecule has 1 heterocycles. The maximum Gasteiger partial charge on any atom is 0.419 e. The number of hydrogen-bond acceptors (Lipinski definition) is 4. The summed E-state index contributed by atoms with van der Waals surface area (Å²) < 4.78 is 12.7. The van der Waals surface area contributed by atoms with Crippen LogP contribution in [0.3, 0.4) is 0 Å². The van der Waals surface area contributed by atoms with E-state index in [4.69, 9.17) is 9.47 Å². The number of benzene rings is 1. The molecule has 0 amide bonds. The first kappa shape index (κ1) is 16.5. The highest BCUT2D eigenvalue weighted by Crippen LogP contribution is 2.36. The summed E-state index contributed by atoms with van der Waals surface area (Å²) in [6, 6.07) is 1.74. The first-order valence-corrected chi connectivity index (χ1v) is 7.55. The van der Waals surface area contributed by atoms with Gasteiger partial charge in [-0.15, -0.1) is 0 Å². The van der Waals surface area contributed by atoms with Crippen molar-refractivity contribution < 1.29 is 19.1 Å². The van der Waals surface area contributed by atoms with Gasteiger partial charge in [0.05, 0.1) is 18.2 Å². The zero-order chi connectivity index (χ0) is 16.7. The molecule has 118 valence electrons. The van der Waals surface area contributed by atoms with E-state index in [1.165, 1.54) is 11.7 Å². The summed E-state index contributed by atoms with van der Waals surface area (Å²) in [7, 11) is 1.51. The van der Waals surface area contributed by atoms with Crippen LogP contribution in [0, 0.1) is 6.92 Å². The average molecular weight is 368 g/mol. The SMILES string of the molecule is COc1cc(C)c2c(c(Br)cn2C(=O)OC(C)(C)C)c1C=O. The highest BCUT2D eigenvalue weighted by molar-refractivity contribution is 9.10. The van der Waals surface area contributed by atoms with Gasteiger partial charge < -0.3 is 9.47 Å². The Bertz CT molecular complexity index is 756. The predicted octanol–water partition coefficient (Wildman–Crippen LogP) is 4.32. The highest BCUT2D eigenvalue weighted by Gasteiger charge is 2.24. The topological polar surface area (TPSA) is 57.5 Å². The largest absolute Gasteiger partial charge is 0.496 e. The van der Waals surface area contributed by atoms with Crippen molar-refractivity contribution in [1.29, 1.82) is 0 Å². The molecule has 0 saturated carbocycles. The summed E-state index contributed by atoms with van der Waals surface area (Å²) in [5.41, 5.74) is 1.24. The van der Waals surface area contributed by atoms with Crippen molar-refractivity contribution >= 4 is 39.2 Å². The Balaban J connectivity index is 2.74. The second kappa shape index (κ2) is 5.76. The second-order valence-electron chi connectivity index (χ2n) is 5.98. The lowest BCUT2D eigenvalue weighted by atomic mass is 10.1. The van der Waals surface area contributed by atoms with Crippen LogP contribution in [0.5, 0.6) is 5.75 Å². The molecule has 0 saturated heterocycles. The smallest absolute Gasteiger partial charge is 0.419 e. The van der Waals surface area contributed by atoms with Crippen molar-refractivity contribution in [3.8, 4) is 5.75 Å². The molecule has 0 bridgehead atoms. The first-order chi connectivity index (χ1) is 10.2. The molecule has 22 heavy (non-hydrogen) atoms. The number of aryl methyl sites for hydroxylation is 1. The fourth-order valence-corrected chi connectivity index (χ4v) is 2.93. The monoisotopic (exact) mass is 367 g/mol. The third-order valence-corrected chi connectivity index (χ3v) is 3.74. The molecule has 1 aromatic heterocycles. The van der Waals surface area contributed by atoms with Crippen molar-refractivity contribution in [1.82, 2.24) is 4.57 Å². The van der Waals surface area contributed by atoms with Crippen LogP contribution < -0.4 is 4.74 Å². The Hall–Kier alpha value is -1.82. The number of methoxy groups -OCH3 is 1. The molecule has 0 aliphatic heterocycles. The van der Waals surface area contributed by atoms with Gasteiger partial charge in [0.2, 0.25) is 0 Å². The summed E-state index contributed by atoms with van der Waals surface area (Å²) in [4.78, 5) is 23.8. The molecule has 0 N–H and O–H groups in total. The molecule has 1 aromatic carbocycles. The number of carbonyl (C=O) groups is 2. The lowest BCUT2D eigenvalue weighted by Gasteiger charge is -2.20. The normalized spacial score (nSPS) is 11.5. The zero-order valence-corrected chi connectivity index (χ0v) is 14.8. The van der Waals surface area contributed by atoms with E-state index in [-0.39, 0.29) is 0 Å². The zero-order valence-electron chi connectivity index (χ0n) is 13.2. The van der Waals surface area contributed by atoms with Crippen LogP contribution in [0.1, 0.15) is 36.7 Å². The lowest BCUT2D eigenvalue weighted by molar-refractivity contribution is 0.0544. The third kappa shape index (κ3) is 2.88. The van der Waals surface area contributed by atoms with E-state index >= 15 is 0 Å². The minimum absolute atomic E-state index is 0.400. The molecule has 5 nitrogen and oxygen atoms in total. The maximum atomic E-state index is 12.4. The molecule has 2 aromatic rings. The van der Waals surface area contributed by atoms with E-state index in [1.807, 2.05) is 6.92 Å². The van der Waals surface area contributed by atoms with Crippen molar-refractivity contribution in [2.45, 2.75) is 33.3 Å². The van der Waals surface area contributed by atoms with E-state index in [2.05, 4.69) is 15.9 Å². The molecule has 0 aliphatic rings. The summed E-state index contributed by atoms with van der Waals surface area (Å²) in [5, 5.41) is 0.637. The number of rotatable bonds is 2. The van der Waals surface area contributed by atoms with Crippen LogP contribution in [-0.4, -0.2) is 29.7 Å². The van der Waals surface area contributed by atoms with Gasteiger partial charge in [-0.3, -0.25) is 9.36 Å². The fourth-order valence-electron chi connectivity index (χ4n) is 2.33. The van der Waals surface area contributed by atoms with Crippen LogP contribution in [0.15, 0.2) is 16.7 Å². The molecule has 0 unspecified atom stereocenters. The van der Waals surface area contributed by atoms with E-state index in [9.17, 15) is 9.59 Å². The van der Waals surface area contributed by atoms with Gasteiger partial charge in [-0.1, -0.05) is 0 Å². The van der Waals surface area contributed by atoms with Gasteiger partial charge in [-0.2, -0.15) is 0 Å². The summed E-state index contributed by atoms with van der Waals surface area (Å²) in [6.45, 7) is 7.27. The van der Waals surface area contributed by atoms with E-state index < -0.39 is 11.7 Å². The molecule has 6 heteroatoms. The van der Waals surface area contributed by atoms with E-state index in [1.54, 1.807) is 33.0 Å². The van der Waals surface area contributed by atoms with Crippen LogP contribution >= 0.6 is 15.9 Å². The van der Waals surface area contributed by atoms with Crippen molar-refractivity contribution in [2.24, 2.45) is 0 Å². The number of carbonyl (C=O) groups excluding carboxylic acids is 2. The van der Waals surface area contributed by atoms with E-state index in [0.29, 0.717) is 26.7 Å². The number of aromatic nitrogens is 1. The van der Waals surface area contributed by atoms with Gasteiger partial charge in [0.25, 0.3) is 0 Å². The molecule has 0 fully saturated rings. The van der Waals surface area contributed by atoms with Crippen LogP contribution in [0.2, 0.25) is 0 Å². The van der Waals surface area contributed by atoms with E-state index in [0.717, 1.165) is 11.8 Å². The minimum Gasteiger partial charge on any atom is -0.496 e. The lowest BCUT2D eigenvalue weighted by Crippen LogP contribution is -2.26. The maximum absolute atomic E-state index is 12.4. The third-order valence-electron chi connectivity index (χ3n) is 3.14. The number of ether oxygens (including phenoxy) is 2. The average Bonchev–Trinajstić information content (AvgIpc) is 2.75.